The van der Waals surface area contributed by atoms with Gasteiger partial charge in [-0.3, -0.25) is 0 Å². The van der Waals surface area contributed by atoms with Crippen LogP contribution in [0.1, 0.15) is 6.42 Å². The number of phenols is 1. The maximum absolute atomic E-state index is 9.59. The average molecular weight is 223 g/mol. The summed E-state index contributed by atoms with van der Waals surface area (Å²) in [5.74, 6) is 1.23. The number of hydrogen-bond donors (Lipinski definition) is 2. The molecule has 2 rings (SSSR count). The van der Waals surface area contributed by atoms with Crippen molar-refractivity contribution in [1.29, 1.82) is 0 Å². The van der Waals surface area contributed by atoms with E-state index in [-0.39, 0.29) is 5.75 Å². The molecule has 0 saturated carbocycles. The van der Waals surface area contributed by atoms with Crippen molar-refractivity contribution in [2.45, 2.75) is 6.42 Å². The van der Waals surface area contributed by atoms with Crippen molar-refractivity contribution >= 4 is 5.69 Å². The molecule has 4 heteroatoms. The van der Waals surface area contributed by atoms with Crippen molar-refractivity contribution in [3.8, 4) is 11.5 Å². The fourth-order valence-corrected chi connectivity index (χ4v) is 1.81. The van der Waals surface area contributed by atoms with Gasteiger partial charge in [0.25, 0.3) is 0 Å². The highest BCUT2D eigenvalue weighted by Gasteiger charge is 2.15. The smallest absolute Gasteiger partial charge is 0.160 e. The summed E-state index contributed by atoms with van der Waals surface area (Å²) in [5.41, 5.74) is 0.908. The molecule has 88 valence electrons. The summed E-state index contributed by atoms with van der Waals surface area (Å²) in [6.07, 6.45) is 1.11. The van der Waals surface area contributed by atoms with E-state index in [1.165, 1.54) is 7.11 Å². The van der Waals surface area contributed by atoms with Crippen LogP contribution >= 0.6 is 0 Å². The Balaban J connectivity index is 1.91. The summed E-state index contributed by atoms with van der Waals surface area (Å²) in [6, 6.07) is 5.33. The van der Waals surface area contributed by atoms with E-state index in [0.717, 1.165) is 31.9 Å². The third-order valence-electron chi connectivity index (χ3n) is 2.80. The topological polar surface area (TPSA) is 50.7 Å². The molecule has 0 aromatic heterocycles. The normalized spacial score (nSPS) is 19.7. The van der Waals surface area contributed by atoms with Gasteiger partial charge < -0.3 is 19.9 Å². The van der Waals surface area contributed by atoms with E-state index in [1.807, 2.05) is 6.07 Å². The number of phenolic OH excluding ortho intramolecular Hbond substituents is 1. The number of nitrogens with one attached hydrogen (secondary N) is 1. The van der Waals surface area contributed by atoms with Gasteiger partial charge in [0.15, 0.2) is 11.5 Å². The molecule has 1 aromatic rings. The van der Waals surface area contributed by atoms with Gasteiger partial charge in [0.05, 0.1) is 13.7 Å². The predicted molar refractivity (Wildman–Crippen MR) is 62.1 cm³/mol. The molecule has 0 radical (unpaired) electrons. The van der Waals surface area contributed by atoms with Crippen molar-refractivity contribution in [1.82, 2.24) is 0 Å². The SMILES string of the molecule is COc1ccc(NCC2CCOC2)cc1O. The van der Waals surface area contributed by atoms with Crippen LogP contribution in [-0.2, 0) is 4.74 Å². The molecule has 1 aliphatic heterocycles. The van der Waals surface area contributed by atoms with Crippen molar-refractivity contribution in [2.24, 2.45) is 5.92 Å². The highest BCUT2D eigenvalue weighted by Crippen LogP contribution is 2.28. The first kappa shape index (κ1) is 11.1. The van der Waals surface area contributed by atoms with E-state index in [4.69, 9.17) is 9.47 Å². The summed E-state index contributed by atoms with van der Waals surface area (Å²) in [4.78, 5) is 0. The summed E-state index contributed by atoms with van der Waals surface area (Å²) in [7, 11) is 1.54. The largest absolute Gasteiger partial charge is 0.504 e. The molecule has 1 heterocycles. The van der Waals surface area contributed by atoms with Crippen molar-refractivity contribution in [2.75, 3.05) is 32.2 Å². The third kappa shape index (κ3) is 2.58. The average Bonchev–Trinajstić information content (AvgIpc) is 2.79. The Hall–Kier alpha value is -1.42. The minimum atomic E-state index is 0.162. The minimum Gasteiger partial charge on any atom is -0.504 e. The quantitative estimate of drug-likeness (QED) is 0.818. The van der Waals surface area contributed by atoms with Crippen LogP contribution < -0.4 is 10.1 Å². The molecule has 4 nitrogen and oxygen atoms in total. The number of anilines is 1. The van der Waals surface area contributed by atoms with Crippen molar-refractivity contribution < 1.29 is 14.6 Å². The zero-order chi connectivity index (χ0) is 11.4. The lowest BCUT2D eigenvalue weighted by atomic mass is 10.1. The predicted octanol–water partition coefficient (Wildman–Crippen LogP) is 1.85. The molecule has 2 N–H and O–H groups in total. The van der Waals surface area contributed by atoms with Crippen molar-refractivity contribution in [3.05, 3.63) is 18.2 Å². The molecule has 16 heavy (non-hydrogen) atoms. The molecule has 0 spiro atoms. The number of methoxy groups -OCH3 is 1. The number of ether oxygens (including phenoxy) is 2. The lowest BCUT2D eigenvalue weighted by Gasteiger charge is -2.11. The van der Waals surface area contributed by atoms with Gasteiger partial charge in [-0.05, 0) is 18.6 Å². The van der Waals surface area contributed by atoms with Gasteiger partial charge in [-0.25, -0.2) is 0 Å². The van der Waals surface area contributed by atoms with Crippen LogP contribution in [0.4, 0.5) is 5.69 Å². The Bertz CT molecular complexity index is 348. The fraction of sp³-hybridized carbons (Fsp3) is 0.500. The fourth-order valence-electron chi connectivity index (χ4n) is 1.81. The second kappa shape index (κ2) is 5.07. The van der Waals surface area contributed by atoms with E-state index in [1.54, 1.807) is 12.1 Å². The van der Waals surface area contributed by atoms with Crippen LogP contribution in [0.25, 0.3) is 0 Å². The van der Waals surface area contributed by atoms with Crippen LogP contribution in [0, 0.1) is 5.92 Å². The van der Waals surface area contributed by atoms with Crippen LogP contribution in [-0.4, -0.2) is 32.0 Å². The molecule has 0 aliphatic carbocycles. The summed E-state index contributed by atoms with van der Waals surface area (Å²) in [5, 5.41) is 12.9. The summed E-state index contributed by atoms with van der Waals surface area (Å²) < 4.78 is 10.3. The first-order valence-corrected chi connectivity index (χ1v) is 5.48. The zero-order valence-corrected chi connectivity index (χ0v) is 9.40. The van der Waals surface area contributed by atoms with E-state index < -0.39 is 0 Å². The van der Waals surface area contributed by atoms with Gasteiger partial charge in [-0.15, -0.1) is 0 Å². The Morgan fingerprint density at radius 3 is 3.06 bits per heavy atom. The summed E-state index contributed by atoms with van der Waals surface area (Å²) in [6.45, 7) is 2.57. The minimum absolute atomic E-state index is 0.162. The Labute approximate surface area is 95.2 Å². The molecular formula is C12H17NO3. The second-order valence-electron chi connectivity index (χ2n) is 4.00. The summed E-state index contributed by atoms with van der Waals surface area (Å²) >= 11 is 0. The van der Waals surface area contributed by atoms with Gasteiger partial charge in [0.1, 0.15) is 0 Å². The molecule has 1 aliphatic rings. The Morgan fingerprint density at radius 2 is 2.44 bits per heavy atom. The first-order chi connectivity index (χ1) is 7.79. The Morgan fingerprint density at radius 1 is 1.56 bits per heavy atom. The van der Waals surface area contributed by atoms with Crippen LogP contribution in [0.2, 0.25) is 0 Å². The molecule has 1 saturated heterocycles. The lowest BCUT2D eigenvalue weighted by Crippen LogP contribution is -2.13. The molecule has 1 fully saturated rings. The number of rotatable bonds is 4. The molecule has 1 aromatic carbocycles. The van der Waals surface area contributed by atoms with Gasteiger partial charge in [0, 0.05) is 30.8 Å². The van der Waals surface area contributed by atoms with Gasteiger partial charge in [-0.2, -0.15) is 0 Å². The number of hydrogen-bond acceptors (Lipinski definition) is 4. The van der Waals surface area contributed by atoms with E-state index in [0.29, 0.717) is 11.7 Å². The Kier molecular flexibility index (Phi) is 3.51. The van der Waals surface area contributed by atoms with Crippen LogP contribution in [0.3, 0.4) is 0 Å². The number of aromatic hydroxyl groups is 1. The molecule has 0 bridgehead atoms. The molecular weight excluding hydrogens is 206 g/mol. The van der Waals surface area contributed by atoms with Gasteiger partial charge in [-0.1, -0.05) is 0 Å². The standard InChI is InChI=1S/C12H17NO3/c1-15-12-3-2-10(6-11(12)14)13-7-9-4-5-16-8-9/h2-3,6,9,13-14H,4-5,7-8H2,1H3. The van der Waals surface area contributed by atoms with E-state index in [9.17, 15) is 5.11 Å². The molecule has 1 atom stereocenters. The van der Waals surface area contributed by atoms with E-state index >= 15 is 0 Å². The maximum Gasteiger partial charge on any atom is 0.160 e. The van der Waals surface area contributed by atoms with Crippen molar-refractivity contribution in [3.63, 3.8) is 0 Å². The molecule has 1 unspecified atom stereocenters. The third-order valence-corrected chi connectivity index (χ3v) is 2.80. The number of benzene rings is 1. The van der Waals surface area contributed by atoms with Gasteiger partial charge >= 0.3 is 0 Å². The lowest BCUT2D eigenvalue weighted by molar-refractivity contribution is 0.187. The van der Waals surface area contributed by atoms with Gasteiger partial charge in [0.2, 0.25) is 0 Å². The van der Waals surface area contributed by atoms with Crippen LogP contribution in [0.15, 0.2) is 18.2 Å². The highest BCUT2D eigenvalue weighted by atomic mass is 16.5. The second-order valence-corrected chi connectivity index (χ2v) is 4.00. The van der Waals surface area contributed by atoms with E-state index in [2.05, 4.69) is 5.32 Å². The van der Waals surface area contributed by atoms with Crippen LogP contribution in [0.5, 0.6) is 11.5 Å². The zero-order valence-electron chi connectivity index (χ0n) is 9.40. The molecule has 0 amide bonds. The highest BCUT2D eigenvalue weighted by molar-refractivity contribution is 5.54. The first-order valence-electron chi connectivity index (χ1n) is 5.48. The monoisotopic (exact) mass is 223 g/mol. The maximum atomic E-state index is 9.59.